The Morgan fingerprint density at radius 2 is 1.58 bits per heavy atom. The summed E-state index contributed by atoms with van der Waals surface area (Å²) in [6.45, 7) is 10.7. The van der Waals surface area contributed by atoms with Crippen LogP contribution in [-0.2, 0) is 0 Å². The van der Waals surface area contributed by atoms with Crippen LogP contribution in [0.25, 0.3) is 0 Å². The smallest absolute Gasteiger partial charge is 1.00 e. The van der Waals surface area contributed by atoms with E-state index in [0.717, 1.165) is 18.3 Å². The molecule has 1 atom stereocenters. The predicted octanol–water partition coefficient (Wildman–Crippen LogP) is 0.296. The summed E-state index contributed by atoms with van der Waals surface area (Å²) in [5.41, 5.74) is 0. The van der Waals surface area contributed by atoms with Crippen molar-refractivity contribution in [2.45, 2.75) is 46.5 Å². The Morgan fingerprint density at radius 1 is 1.08 bits per heavy atom. The molecular weight excluding hydrogens is 224 g/mol. The van der Waals surface area contributed by atoms with Crippen molar-refractivity contribution in [3.8, 4) is 0 Å². The third kappa shape index (κ3) is 13.8. The van der Waals surface area contributed by atoms with Gasteiger partial charge >= 0.3 is 23.1 Å². The fraction of sp³-hybridized carbons (Fsp3) is 0.900. The third-order valence-electron chi connectivity index (χ3n) is 1.97. The summed E-state index contributed by atoms with van der Waals surface area (Å²) in [7, 11) is 0. The molecule has 0 aromatic heterocycles. The zero-order valence-corrected chi connectivity index (χ0v) is 11.8. The number of hydrogen-bond donors (Lipinski definition) is 0. The van der Waals surface area contributed by atoms with Crippen LogP contribution in [0, 0.1) is 18.8 Å². The minimum absolute atomic E-state index is 0. The first-order chi connectivity index (χ1) is 4.66. The topological polar surface area (TPSA) is 0 Å². The molecule has 0 heterocycles. The molecule has 0 radical (unpaired) electrons. The van der Waals surface area contributed by atoms with E-state index in [2.05, 4.69) is 27.7 Å². The van der Waals surface area contributed by atoms with E-state index in [1.54, 1.807) is 0 Å². The third-order valence-corrected chi connectivity index (χ3v) is 1.97. The summed E-state index contributed by atoms with van der Waals surface area (Å²) in [6.07, 6.45) is 5.22. The van der Waals surface area contributed by atoms with Crippen LogP contribution in [0.5, 0.6) is 0 Å². The van der Waals surface area contributed by atoms with Gasteiger partial charge in [-0.05, 0) is 5.92 Å². The minimum atomic E-state index is 0. The van der Waals surface area contributed by atoms with Crippen LogP contribution < -0.4 is 17.0 Å². The molecule has 0 aromatic carbocycles. The minimum Gasteiger partial charge on any atom is -1.00 e. The fourth-order valence-electron chi connectivity index (χ4n) is 1.02. The van der Waals surface area contributed by atoms with E-state index >= 15 is 0 Å². The molecule has 0 saturated carbocycles. The first-order valence-electron chi connectivity index (χ1n) is 4.46. The van der Waals surface area contributed by atoms with Crippen molar-refractivity contribution in [2.24, 2.45) is 11.8 Å². The van der Waals surface area contributed by atoms with Crippen LogP contribution in [0.2, 0.25) is 0 Å². The maximum Gasteiger partial charge on any atom is 2.00 e. The van der Waals surface area contributed by atoms with Gasteiger partial charge in [0.2, 0.25) is 0 Å². The molecule has 0 N–H and O–H groups in total. The molecular formula is C10H21BrMg. The van der Waals surface area contributed by atoms with Crippen molar-refractivity contribution in [3.05, 3.63) is 6.92 Å². The van der Waals surface area contributed by atoms with Gasteiger partial charge in [-0.25, -0.2) is 0 Å². The normalized spacial score (nSPS) is 11.8. The number of hydrogen-bond acceptors (Lipinski definition) is 0. The van der Waals surface area contributed by atoms with Crippen LogP contribution in [0.1, 0.15) is 46.5 Å². The molecule has 0 aliphatic carbocycles. The standard InChI is InChI=1S/C10H21.BrH.Mg/c1-5-10(4)8-6-7-9(2)3;;/h9-10H,1,5-8H2,2-4H3;1H;/q-1;;+2/p-1. The Hall–Kier alpha value is 1.25. The molecule has 0 aliphatic rings. The molecule has 0 fully saturated rings. The Labute approximate surface area is 105 Å². The van der Waals surface area contributed by atoms with E-state index in [4.69, 9.17) is 0 Å². The zero-order valence-electron chi connectivity index (χ0n) is 8.78. The molecule has 0 saturated heterocycles. The van der Waals surface area contributed by atoms with Crippen molar-refractivity contribution in [3.63, 3.8) is 0 Å². The number of halogens is 1. The molecule has 0 rings (SSSR count). The van der Waals surface area contributed by atoms with E-state index in [0.29, 0.717) is 0 Å². The second-order valence-electron chi connectivity index (χ2n) is 3.72. The van der Waals surface area contributed by atoms with Gasteiger partial charge in [0.1, 0.15) is 0 Å². The second-order valence-corrected chi connectivity index (χ2v) is 3.72. The van der Waals surface area contributed by atoms with E-state index in [1.165, 1.54) is 19.3 Å². The quantitative estimate of drug-likeness (QED) is 0.483. The van der Waals surface area contributed by atoms with Crippen molar-refractivity contribution in [2.75, 3.05) is 0 Å². The molecule has 0 spiro atoms. The van der Waals surface area contributed by atoms with Crippen LogP contribution >= 0.6 is 0 Å². The van der Waals surface area contributed by atoms with Crippen molar-refractivity contribution < 1.29 is 17.0 Å². The summed E-state index contributed by atoms with van der Waals surface area (Å²) in [6, 6.07) is 0. The molecule has 0 aliphatic heterocycles. The summed E-state index contributed by atoms with van der Waals surface area (Å²) in [5.74, 6) is 1.70. The average Bonchev–Trinajstić information content (AvgIpc) is 1.87. The van der Waals surface area contributed by atoms with Gasteiger partial charge in [0.05, 0.1) is 0 Å². The van der Waals surface area contributed by atoms with Gasteiger partial charge in [-0.15, -0.1) is 0 Å². The Kier molecular flexibility index (Phi) is 19.3. The van der Waals surface area contributed by atoms with E-state index in [9.17, 15) is 0 Å². The molecule has 12 heavy (non-hydrogen) atoms. The SMILES string of the molecule is [Br-].[CH2-]CC(C)CCCC(C)C.[Mg+2]. The van der Waals surface area contributed by atoms with Gasteiger partial charge in [0.15, 0.2) is 0 Å². The van der Waals surface area contributed by atoms with Gasteiger partial charge < -0.3 is 23.9 Å². The Bertz CT molecular complexity index is 74.2. The van der Waals surface area contributed by atoms with Crippen LogP contribution in [-0.4, -0.2) is 23.1 Å². The molecule has 0 amide bonds. The Balaban J connectivity index is -0.000000405. The zero-order chi connectivity index (χ0) is 7.98. The summed E-state index contributed by atoms with van der Waals surface area (Å²) >= 11 is 0. The van der Waals surface area contributed by atoms with Gasteiger partial charge in [0.25, 0.3) is 0 Å². The molecule has 0 aromatic rings. The van der Waals surface area contributed by atoms with Gasteiger partial charge in [-0.3, -0.25) is 0 Å². The summed E-state index contributed by atoms with van der Waals surface area (Å²) in [5, 5.41) is 0. The van der Waals surface area contributed by atoms with Gasteiger partial charge in [-0.1, -0.05) is 46.0 Å². The monoisotopic (exact) mass is 244 g/mol. The predicted molar refractivity (Wildman–Crippen MR) is 53.6 cm³/mol. The molecule has 1 unspecified atom stereocenters. The van der Waals surface area contributed by atoms with Gasteiger partial charge in [0, 0.05) is 0 Å². The first-order valence-corrected chi connectivity index (χ1v) is 4.46. The maximum absolute atomic E-state index is 3.88. The Morgan fingerprint density at radius 3 is 1.92 bits per heavy atom. The molecule has 0 nitrogen and oxygen atoms in total. The number of rotatable bonds is 5. The van der Waals surface area contributed by atoms with Crippen LogP contribution in [0.3, 0.4) is 0 Å². The van der Waals surface area contributed by atoms with Crippen molar-refractivity contribution >= 4 is 23.1 Å². The second kappa shape index (κ2) is 12.2. The van der Waals surface area contributed by atoms with E-state index in [1.807, 2.05) is 0 Å². The van der Waals surface area contributed by atoms with E-state index in [-0.39, 0.29) is 40.0 Å². The maximum atomic E-state index is 3.88. The van der Waals surface area contributed by atoms with Gasteiger partial charge in [-0.2, -0.15) is 6.42 Å². The average molecular weight is 245 g/mol. The van der Waals surface area contributed by atoms with Crippen LogP contribution in [0.4, 0.5) is 0 Å². The molecule has 70 valence electrons. The summed E-state index contributed by atoms with van der Waals surface area (Å²) < 4.78 is 0. The largest absolute Gasteiger partial charge is 2.00 e. The summed E-state index contributed by atoms with van der Waals surface area (Å²) in [4.78, 5) is 0. The van der Waals surface area contributed by atoms with Crippen molar-refractivity contribution in [1.82, 2.24) is 0 Å². The fourth-order valence-corrected chi connectivity index (χ4v) is 1.02. The van der Waals surface area contributed by atoms with Crippen LogP contribution in [0.15, 0.2) is 0 Å². The van der Waals surface area contributed by atoms with Crippen molar-refractivity contribution in [1.29, 1.82) is 0 Å². The van der Waals surface area contributed by atoms with E-state index < -0.39 is 0 Å². The first kappa shape index (κ1) is 18.9. The molecule has 2 heteroatoms. The molecule has 0 bridgehead atoms.